The second-order valence-electron chi connectivity index (χ2n) is 3.12. The van der Waals surface area contributed by atoms with Crippen LogP contribution in [0.1, 0.15) is 5.56 Å². The highest BCUT2D eigenvalue weighted by atomic mass is 16.6. The maximum atomic E-state index is 5.49. The van der Waals surface area contributed by atoms with Crippen molar-refractivity contribution < 1.29 is 19.0 Å². The molecular formula is C10H13NO4. The fourth-order valence-electron chi connectivity index (χ4n) is 1.51. The molecule has 5 nitrogen and oxygen atoms in total. The van der Waals surface area contributed by atoms with Gasteiger partial charge in [-0.1, -0.05) is 0 Å². The molecule has 1 aromatic rings. The van der Waals surface area contributed by atoms with Crippen molar-refractivity contribution in [3.05, 3.63) is 17.7 Å². The summed E-state index contributed by atoms with van der Waals surface area (Å²) in [6.07, 6.45) is 0. The van der Waals surface area contributed by atoms with Gasteiger partial charge in [-0.3, -0.25) is 4.84 Å². The first-order chi connectivity index (χ1) is 7.35. The highest BCUT2D eigenvalue weighted by molar-refractivity contribution is 5.52. The first-order valence-electron chi connectivity index (χ1n) is 4.63. The molecular weight excluding hydrogens is 198 g/mol. The van der Waals surface area contributed by atoms with Crippen LogP contribution in [0.15, 0.2) is 12.1 Å². The lowest BCUT2D eigenvalue weighted by molar-refractivity contribution is 0.115. The summed E-state index contributed by atoms with van der Waals surface area (Å²) in [6.45, 7) is 1.35. The van der Waals surface area contributed by atoms with Gasteiger partial charge in [0.15, 0.2) is 11.5 Å². The fourth-order valence-corrected chi connectivity index (χ4v) is 1.51. The molecule has 1 heterocycles. The van der Waals surface area contributed by atoms with E-state index in [0.717, 1.165) is 5.56 Å². The smallest absolute Gasteiger partial charge is 0.167 e. The van der Waals surface area contributed by atoms with E-state index in [1.165, 1.54) is 0 Å². The molecule has 0 bridgehead atoms. The molecule has 0 aromatic heterocycles. The van der Waals surface area contributed by atoms with Crippen molar-refractivity contribution in [1.29, 1.82) is 0 Å². The van der Waals surface area contributed by atoms with Crippen molar-refractivity contribution in [2.75, 3.05) is 20.3 Å². The van der Waals surface area contributed by atoms with Crippen LogP contribution in [-0.4, -0.2) is 20.3 Å². The van der Waals surface area contributed by atoms with Crippen LogP contribution in [0.3, 0.4) is 0 Å². The molecule has 2 N–H and O–H groups in total. The van der Waals surface area contributed by atoms with E-state index in [0.29, 0.717) is 30.5 Å². The van der Waals surface area contributed by atoms with Gasteiger partial charge in [-0.25, -0.2) is 5.90 Å². The van der Waals surface area contributed by atoms with Gasteiger partial charge in [0.1, 0.15) is 19.0 Å². The zero-order chi connectivity index (χ0) is 10.7. The second-order valence-corrected chi connectivity index (χ2v) is 3.12. The first-order valence-corrected chi connectivity index (χ1v) is 4.63. The van der Waals surface area contributed by atoms with Crippen LogP contribution in [0.5, 0.6) is 17.2 Å². The first kappa shape index (κ1) is 10.1. The quantitative estimate of drug-likeness (QED) is 0.751. The minimum atomic E-state index is 0.267. The summed E-state index contributed by atoms with van der Waals surface area (Å²) in [4.78, 5) is 4.60. The van der Waals surface area contributed by atoms with E-state index in [9.17, 15) is 0 Å². The lowest BCUT2D eigenvalue weighted by atomic mass is 10.1. The van der Waals surface area contributed by atoms with Crippen molar-refractivity contribution in [3.63, 3.8) is 0 Å². The Kier molecular flexibility index (Phi) is 2.94. The average Bonchev–Trinajstić information content (AvgIpc) is 2.29. The molecule has 0 amide bonds. The summed E-state index contributed by atoms with van der Waals surface area (Å²) in [5.74, 6) is 7.11. The molecule has 1 aliphatic rings. The number of benzene rings is 1. The number of hydrogen-bond donors (Lipinski definition) is 1. The normalized spacial score (nSPS) is 13.7. The van der Waals surface area contributed by atoms with Gasteiger partial charge in [0.2, 0.25) is 0 Å². The molecule has 1 aliphatic heterocycles. The molecule has 0 aliphatic carbocycles. The summed E-state index contributed by atoms with van der Waals surface area (Å²) in [5.41, 5.74) is 0.826. The van der Waals surface area contributed by atoms with Crippen molar-refractivity contribution in [2.45, 2.75) is 6.61 Å². The standard InChI is InChI=1S/C10H13NO4/c1-12-8-4-7(6-15-11)10-9(5-8)13-2-3-14-10/h4-5H,2-3,6,11H2,1H3. The van der Waals surface area contributed by atoms with E-state index >= 15 is 0 Å². The van der Waals surface area contributed by atoms with E-state index in [1.54, 1.807) is 13.2 Å². The van der Waals surface area contributed by atoms with Crippen molar-refractivity contribution in [1.82, 2.24) is 0 Å². The molecule has 0 fully saturated rings. The van der Waals surface area contributed by atoms with Crippen molar-refractivity contribution in [2.24, 2.45) is 5.90 Å². The van der Waals surface area contributed by atoms with Crippen LogP contribution in [0.25, 0.3) is 0 Å². The summed E-state index contributed by atoms with van der Waals surface area (Å²) in [6, 6.07) is 3.61. The molecule has 0 atom stereocenters. The summed E-state index contributed by atoms with van der Waals surface area (Å²) >= 11 is 0. The van der Waals surface area contributed by atoms with Gasteiger partial charge >= 0.3 is 0 Å². The zero-order valence-corrected chi connectivity index (χ0v) is 8.49. The number of methoxy groups -OCH3 is 1. The number of fused-ring (bicyclic) bond motifs is 1. The Morgan fingerprint density at radius 1 is 1.33 bits per heavy atom. The van der Waals surface area contributed by atoms with E-state index in [1.807, 2.05) is 6.07 Å². The van der Waals surface area contributed by atoms with E-state index in [-0.39, 0.29) is 6.61 Å². The van der Waals surface area contributed by atoms with Gasteiger partial charge in [-0.2, -0.15) is 0 Å². The third kappa shape index (κ3) is 1.98. The van der Waals surface area contributed by atoms with Crippen molar-refractivity contribution >= 4 is 0 Å². The maximum Gasteiger partial charge on any atom is 0.167 e. The van der Waals surface area contributed by atoms with E-state index in [2.05, 4.69) is 4.84 Å². The average molecular weight is 211 g/mol. The molecule has 0 radical (unpaired) electrons. The van der Waals surface area contributed by atoms with Gasteiger partial charge in [0.25, 0.3) is 0 Å². The molecule has 82 valence electrons. The molecule has 1 aromatic carbocycles. The monoisotopic (exact) mass is 211 g/mol. The summed E-state index contributed by atoms with van der Waals surface area (Å²) < 4.78 is 16.1. The number of nitrogens with two attached hydrogens (primary N) is 1. The minimum Gasteiger partial charge on any atom is -0.497 e. The van der Waals surface area contributed by atoms with Crippen LogP contribution < -0.4 is 20.1 Å². The molecule has 0 spiro atoms. The zero-order valence-electron chi connectivity index (χ0n) is 8.49. The molecule has 2 rings (SSSR count). The molecule has 0 saturated heterocycles. The van der Waals surface area contributed by atoms with Crippen LogP contribution in [0.4, 0.5) is 0 Å². The Bertz CT molecular complexity index is 354. The fraction of sp³-hybridized carbons (Fsp3) is 0.400. The van der Waals surface area contributed by atoms with Crippen LogP contribution in [0, 0.1) is 0 Å². The summed E-state index contributed by atoms with van der Waals surface area (Å²) in [5, 5.41) is 0. The predicted octanol–water partition coefficient (Wildman–Crippen LogP) is 0.857. The van der Waals surface area contributed by atoms with Gasteiger partial charge in [0.05, 0.1) is 13.7 Å². The number of ether oxygens (including phenoxy) is 3. The molecule has 0 unspecified atom stereocenters. The Morgan fingerprint density at radius 2 is 2.13 bits per heavy atom. The van der Waals surface area contributed by atoms with Crippen LogP contribution >= 0.6 is 0 Å². The Morgan fingerprint density at radius 3 is 2.87 bits per heavy atom. The highest BCUT2D eigenvalue weighted by Gasteiger charge is 2.17. The third-order valence-electron chi connectivity index (χ3n) is 2.17. The molecule has 15 heavy (non-hydrogen) atoms. The second kappa shape index (κ2) is 4.37. The number of rotatable bonds is 3. The molecule has 5 heteroatoms. The SMILES string of the molecule is COc1cc(CON)c2c(c1)OCCO2. The lowest BCUT2D eigenvalue weighted by Gasteiger charge is -2.21. The number of hydrogen-bond acceptors (Lipinski definition) is 5. The molecule has 0 saturated carbocycles. The van der Waals surface area contributed by atoms with Crippen molar-refractivity contribution in [3.8, 4) is 17.2 Å². The van der Waals surface area contributed by atoms with Gasteiger partial charge in [0, 0.05) is 11.6 Å². The topological polar surface area (TPSA) is 62.9 Å². The third-order valence-corrected chi connectivity index (χ3v) is 2.17. The predicted molar refractivity (Wildman–Crippen MR) is 53.0 cm³/mol. The Hall–Kier alpha value is -1.46. The van der Waals surface area contributed by atoms with E-state index < -0.39 is 0 Å². The van der Waals surface area contributed by atoms with Gasteiger partial charge < -0.3 is 14.2 Å². The van der Waals surface area contributed by atoms with Crippen LogP contribution in [-0.2, 0) is 11.4 Å². The maximum absolute atomic E-state index is 5.49. The largest absolute Gasteiger partial charge is 0.497 e. The van der Waals surface area contributed by atoms with E-state index in [4.69, 9.17) is 20.1 Å². The minimum absolute atomic E-state index is 0.267. The lowest BCUT2D eigenvalue weighted by Crippen LogP contribution is -2.17. The summed E-state index contributed by atoms with van der Waals surface area (Å²) in [7, 11) is 1.60. The van der Waals surface area contributed by atoms with Crippen LogP contribution in [0.2, 0.25) is 0 Å². The van der Waals surface area contributed by atoms with Gasteiger partial charge in [-0.15, -0.1) is 0 Å². The Labute approximate surface area is 87.6 Å². The van der Waals surface area contributed by atoms with Gasteiger partial charge in [-0.05, 0) is 6.07 Å². The highest BCUT2D eigenvalue weighted by Crippen LogP contribution is 2.37. The Balaban J connectivity index is 2.41.